The molecular formula is C16H16N4S. The first-order valence-corrected chi connectivity index (χ1v) is 8.01. The minimum Gasteiger partial charge on any atom is -0.330 e. The summed E-state index contributed by atoms with van der Waals surface area (Å²) in [5.74, 6) is 1.49. The molecule has 1 aliphatic rings. The summed E-state index contributed by atoms with van der Waals surface area (Å²) in [6.07, 6.45) is 2.67. The van der Waals surface area contributed by atoms with E-state index in [0.717, 1.165) is 29.0 Å². The molecule has 5 heteroatoms. The van der Waals surface area contributed by atoms with Crippen LogP contribution in [0.5, 0.6) is 0 Å². The molecule has 1 aliphatic heterocycles. The highest BCUT2D eigenvalue weighted by atomic mass is 32.1. The Bertz CT molecular complexity index is 783. The lowest BCUT2D eigenvalue weighted by Crippen LogP contribution is -2.18. The summed E-state index contributed by atoms with van der Waals surface area (Å²) >= 11 is 1.65. The van der Waals surface area contributed by atoms with Crippen molar-refractivity contribution in [3.05, 3.63) is 47.6 Å². The van der Waals surface area contributed by atoms with Gasteiger partial charge in [0.25, 0.3) is 0 Å². The zero-order valence-corrected chi connectivity index (χ0v) is 12.4. The second-order valence-corrected chi connectivity index (χ2v) is 6.17. The molecule has 106 valence electrons. The predicted octanol–water partition coefficient (Wildman–Crippen LogP) is 3.28. The average molecular weight is 296 g/mol. The topological polar surface area (TPSA) is 55.0 Å². The van der Waals surface area contributed by atoms with Gasteiger partial charge in [0.05, 0.1) is 5.39 Å². The van der Waals surface area contributed by atoms with Gasteiger partial charge in [0.15, 0.2) is 0 Å². The molecule has 0 aliphatic carbocycles. The number of rotatable bonds is 3. The van der Waals surface area contributed by atoms with Crippen molar-refractivity contribution in [2.45, 2.75) is 12.3 Å². The van der Waals surface area contributed by atoms with Gasteiger partial charge >= 0.3 is 0 Å². The molecule has 0 bridgehead atoms. The maximum atomic E-state index is 5.78. The molecule has 4 rings (SSSR count). The maximum absolute atomic E-state index is 5.78. The third-order valence-corrected chi connectivity index (χ3v) is 4.90. The van der Waals surface area contributed by atoms with E-state index in [1.54, 1.807) is 17.7 Å². The lowest BCUT2D eigenvalue weighted by molar-refractivity contribution is 0.667. The maximum Gasteiger partial charge on any atom is 0.145 e. The quantitative estimate of drug-likeness (QED) is 0.806. The van der Waals surface area contributed by atoms with Crippen molar-refractivity contribution < 1.29 is 0 Å². The monoisotopic (exact) mass is 296 g/mol. The molecule has 0 radical (unpaired) electrons. The van der Waals surface area contributed by atoms with Crippen molar-refractivity contribution in [2.75, 3.05) is 18.0 Å². The fourth-order valence-electron chi connectivity index (χ4n) is 3.14. The fraction of sp³-hybridized carbons (Fsp3) is 0.250. The molecule has 0 spiro atoms. The van der Waals surface area contributed by atoms with Gasteiger partial charge in [-0.25, -0.2) is 9.97 Å². The minimum atomic E-state index is 0.481. The molecule has 21 heavy (non-hydrogen) atoms. The van der Waals surface area contributed by atoms with Gasteiger partial charge < -0.3 is 10.6 Å². The molecule has 1 unspecified atom stereocenters. The summed E-state index contributed by atoms with van der Waals surface area (Å²) < 4.78 is 0. The van der Waals surface area contributed by atoms with E-state index in [4.69, 9.17) is 5.73 Å². The zero-order chi connectivity index (χ0) is 14.2. The molecule has 1 aromatic carbocycles. The Labute approximate surface area is 127 Å². The number of thiophene rings is 1. The van der Waals surface area contributed by atoms with Gasteiger partial charge in [-0.05, 0) is 36.0 Å². The molecule has 0 fully saturated rings. The van der Waals surface area contributed by atoms with Crippen molar-refractivity contribution in [3.63, 3.8) is 0 Å². The van der Waals surface area contributed by atoms with Gasteiger partial charge in [0.1, 0.15) is 17.0 Å². The molecule has 1 atom stereocenters. The van der Waals surface area contributed by atoms with Crippen LogP contribution in [-0.2, 0) is 0 Å². The van der Waals surface area contributed by atoms with Crippen LogP contribution in [0.1, 0.15) is 17.9 Å². The Morgan fingerprint density at radius 1 is 1.24 bits per heavy atom. The number of benzene rings is 1. The summed E-state index contributed by atoms with van der Waals surface area (Å²) in [4.78, 5) is 12.2. The van der Waals surface area contributed by atoms with Gasteiger partial charge in [0.2, 0.25) is 0 Å². The van der Waals surface area contributed by atoms with Crippen molar-refractivity contribution in [1.82, 2.24) is 9.97 Å². The molecule has 0 saturated heterocycles. The number of anilines is 2. The Morgan fingerprint density at radius 3 is 3.05 bits per heavy atom. The molecule has 2 N–H and O–H groups in total. The number of aromatic nitrogens is 2. The van der Waals surface area contributed by atoms with Gasteiger partial charge in [-0.15, -0.1) is 11.3 Å². The summed E-state index contributed by atoms with van der Waals surface area (Å²) in [5.41, 5.74) is 8.41. The van der Waals surface area contributed by atoms with Gasteiger partial charge in [-0.3, -0.25) is 0 Å². The second kappa shape index (κ2) is 5.09. The number of fused-ring (bicyclic) bond motifs is 2. The van der Waals surface area contributed by atoms with E-state index in [9.17, 15) is 0 Å². The summed E-state index contributed by atoms with van der Waals surface area (Å²) in [6.45, 7) is 1.66. The summed E-state index contributed by atoms with van der Waals surface area (Å²) in [5, 5.41) is 3.20. The molecule has 0 saturated carbocycles. The van der Waals surface area contributed by atoms with Crippen LogP contribution in [0.4, 0.5) is 11.5 Å². The van der Waals surface area contributed by atoms with E-state index < -0.39 is 0 Å². The molecule has 2 aromatic heterocycles. The standard InChI is InChI=1S/C16H16N4S/c17-7-5-11-9-20(14-4-2-1-3-12(11)14)15-13-6-8-21-16(13)19-10-18-15/h1-4,6,8,10-11H,5,7,9,17H2. The lowest BCUT2D eigenvalue weighted by Gasteiger charge is -2.19. The smallest absolute Gasteiger partial charge is 0.145 e. The highest BCUT2D eigenvalue weighted by Gasteiger charge is 2.30. The number of hydrogen-bond acceptors (Lipinski definition) is 5. The number of nitrogens with zero attached hydrogens (tertiary/aromatic N) is 3. The Kier molecular flexibility index (Phi) is 3.09. The van der Waals surface area contributed by atoms with Crippen LogP contribution >= 0.6 is 11.3 Å². The van der Waals surface area contributed by atoms with Crippen LogP contribution in [0, 0.1) is 0 Å². The normalized spacial score (nSPS) is 17.4. The average Bonchev–Trinajstić information content (AvgIpc) is 3.12. The number of nitrogens with two attached hydrogens (primary N) is 1. The second-order valence-electron chi connectivity index (χ2n) is 5.28. The van der Waals surface area contributed by atoms with Crippen LogP contribution in [0.2, 0.25) is 0 Å². The SMILES string of the molecule is NCCC1CN(c2ncnc3sccc23)c2ccccc21. The number of hydrogen-bond donors (Lipinski definition) is 1. The Morgan fingerprint density at radius 2 is 2.14 bits per heavy atom. The van der Waals surface area contributed by atoms with E-state index in [1.165, 1.54) is 11.3 Å². The van der Waals surface area contributed by atoms with E-state index >= 15 is 0 Å². The van der Waals surface area contributed by atoms with Gasteiger partial charge in [-0.2, -0.15) is 0 Å². The summed E-state index contributed by atoms with van der Waals surface area (Å²) in [7, 11) is 0. The predicted molar refractivity (Wildman–Crippen MR) is 87.3 cm³/mol. The highest BCUT2D eigenvalue weighted by molar-refractivity contribution is 7.16. The lowest BCUT2D eigenvalue weighted by atomic mass is 9.98. The highest BCUT2D eigenvalue weighted by Crippen LogP contribution is 2.43. The van der Waals surface area contributed by atoms with Gasteiger partial charge in [-0.1, -0.05) is 18.2 Å². The van der Waals surface area contributed by atoms with Crippen molar-refractivity contribution >= 4 is 33.1 Å². The first-order chi connectivity index (χ1) is 10.4. The van der Waals surface area contributed by atoms with E-state index in [2.05, 4.69) is 50.6 Å². The van der Waals surface area contributed by atoms with Crippen LogP contribution in [-0.4, -0.2) is 23.1 Å². The van der Waals surface area contributed by atoms with E-state index in [0.29, 0.717) is 12.5 Å². The Hall–Kier alpha value is -1.98. The molecule has 0 amide bonds. The first-order valence-electron chi connectivity index (χ1n) is 7.13. The van der Waals surface area contributed by atoms with Crippen LogP contribution in [0.15, 0.2) is 42.0 Å². The molecule has 3 heterocycles. The largest absolute Gasteiger partial charge is 0.330 e. The van der Waals surface area contributed by atoms with Crippen molar-refractivity contribution in [2.24, 2.45) is 5.73 Å². The Balaban J connectivity index is 1.85. The van der Waals surface area contributed by atoms with Gasteiger partial charge in [0, 0.05) is 18.2 Å². The third kappa shape index (κ3) is 2.01. The molecular weight excluding hydrogens is 280 g/mol. The van der Waals surface area contributed by atoms with Crippen molar-refractivity contribution in [1.29, 1.82) is 0 Å². The van der Waals surface area contributed by atoms with Crippen LogP contribution < -0.4 is 10.6 Å². The van der Waals surface area contributed by atoms with E-state index in [-0.39, 0.29) is 0 Å². The summed E-state index contributed by atoms with van der Waals surface area (Å²) in [6, 6.07) is 10.7. The van der Waals surface area contributed by atoms with Crippen LogP contribution in [0.25, 0.3) is 10.2 Å². The number of para-hydroxylation sites is 1. The van der Waals surface area contributed by atoms with E-state index in [1.807, 2.05) is 0 Å². The van der Waals surface area contributed by atoms with Crippen molar-refractivity contribution in [3.8, 4) is 0 Å². The molecule has 4 nitrogen and oxygen atoms in total. The van der Waals surface area contributed by atoms with Crippen LogP contribution in [0.3, 0.4) is 0 Å². The molecule has 3 aromatic rings. The first kappa shape index (κ1) is 12.7. The third-order valence-electron chi connectivity index (χ3n) is 4.08. The zero-order valence-electron chi connectivity index (χ0n) is 11.6. The fourth-order valence-corrected chi connectivity index (χ4v) is 3.86. The minimum absolute atomic E-state index is 0.481.